The predicted molar refractivity (Wildman–Crippen MR) is 91.8 cm³/mol. The Morgan fingerprint density at radius 2 is 2.24 bits per heavy atom. The highest BCUT2D eigenvalue weighted by molar-refractivity contribution is 5.92. The zero-order chi connectivity index (χ0) is 17.6. The summed E-state index contributed by atoms with van der Waals surface area (Å²) in [5.41, 5.74) is 1.28. The first-order valence-corrected chi connectivity index (χ1v) is 8.65. The number of unbranched alkanes of at least 4 members (excludes halogenated alkanes) is 1. The lowest BCUT2D eigenvalue weighted by molar-refractivity contribution is 0.0883. The van der Waals surface area contributed by atoms with Crippen molar-refractivity contribution in [3.8, 4) is 0 Å². The fraction of sp³-hybridized carbons (Fsp3) is 0.529. The molecule has 0 unspecified atom stereocenters. The number of aliphatic hydroxyl groups is 1. The summed E-state index contributed by atoms with van der Waals surface area (Å²) < 4.78 is 0. The van der Waals surface area contributed by atoms with Gasteiger partial charge in [0.15, 0.2) is 0 Å². The molecule has 2 aromatic heterocycles. The molecule has 3 N–H and O–H groups in total. The second-order valence-electron chi connectivity index (χ2n) is 6.39. The topological polar surface area (TPSA) is 107 Å². The van der Waals surface area contributed by atoms with Gasteiger partial charge in [0.05, 0.1) is 18.3 Å². The van der Waals surface area contributed by atoms with Crippen LogP contribution >= 0.6 is 0 Å². The van der Waals surface area contributed by atoms with Crippen LogP contribution in [-0.4, -0.2) is 61.1 Å². The summed E-state index contributed by atoms with van der Waals surface area (Å²) >= 11 is 0. The smallest absolute Gasteiger partial charge is 0.271 e. The fourth-order valence-corrected chi connectivity index (χ4v) is 2.99. The molecule has 2 aromatic rings. The second kappa shape index (κ2) is 8.17. The Kier molecular flexibility index (Phi) is 5.72. The lowest BCUT2D eigenvalue weighted by Gasteiger charge is -2.16. The third-order valence-electron chi connectivity index (χ3n) is 4.32. The van der Waals surface area contributed by atoms with Gasteiger partial charge in [0.2, 0.25) is 0 Å². The minimum Gasteiger partial charge on any atom is -0.390 e. The maximum atomic E-state index is 12.2. The molecule has 0 bridgehead atoms. The van der Waals surface area contributed by atoms with Crippen molar-refractivity contribution in [2.75, 3.05) is 13.1 Å². The molecule has 0 radical (unpaired) electrons. The molecule has 8 nitrogen and oxygen atoms in total. The van der Waals surface area contributed by atoms with Crippen LogP contribution in [0, 0.1) is 0 Å². The average molecular weight is 344 g/mol. The summed E-state index contributed by atoms with van der Waals surface area (Å²) in [4.78, 5) is 29.8. The van der Waals surface area contributed by atoms with Gasteiger partial charge in [-0.25, -0.2) is 9.97 Å². The number of aliphatic hydroxyl groups excluding tert-OH is 1. The molecule has 0 aliphatic carbocycles. The summed E-state index contributed by atoms with van der Waals surface area (Å²) in [6.45, 7) is 3.92. The normalized spacial score (nSPS) is 20.7. The van der Waals surface area contributed by atoms with E-state index in [1.807, 2.05) is 6.20 Å². The van der Waals surface area contributed by atoms with Gasteiger partial charge in [-0.3, -0.25) is 14.7 Å². The van der Waals surface area contributed by atoms with Crippen LogP contribution in [0.5, 0.6) is 0 Å². The number of aromatic amines is 1. The number of imidazole rings is 1. The third-order valence-corrected chi connectivity index (χ3v) is 4.32. The van der Waals surface area contributed by atoms with E-state index in [1.54, 1.807) is 0 Å². The Bertz CT molecular complexity index is 689. The molecule has 2 atom stereocenters. The summed E-state index contributed by atoms with van der Waals surface area (Å²) in [5, 5.41) is 13.1. The number of carbonyl (C=O) groups is 1. The number of carbonyl (C=O) groups excluding carboxylic acids is 1. The number of aromatic nitrogens is 4. The zero-order valence-corrected chi connectivity index (χ0v) is 14.4. The van der Waals surface area contributed by atoms with Crippen LogP contribution in [-0.2, 0) is 13.0 Å². The summed E-state index contributed by atoms with van der Waals surface area (Å²) in [6, 6.07) is -0.322. The number of nitrogens with one attached hydrogen (secondary N) is 2. The molecular weight excluding hydrogens is 320 g/mol. The highest BCUT2D eigenvalue weighted by atomic mass is 16.3. The number of amides is 1. The first-order chi connectivity index (χ1) is 12.2. The Morgan fingerprint density at radius 1 is 1.36 bits per heavy atom. The van der Waals surface area contributed by atoms with Gasteiger partial charge in [-0.05, 0) is 6.42 Å². The molecule has 3 rings (SSSR count). The second-order valence-corrected chi connectivity index (χ2v) is 6.39. The van der Waals surface area contributed by atoms with Crippen LogP contribution in [0.4, 0.5) is 0 Å². The van der Waals surface area contributed by atoms with Crippen molar-refractivity contribution in [3.05, 3.63) is 42.0 Å². The maximum Gasteiger partial charge on any atom is 0.271 e. The Hall–Kier alpha value is -2.32. The van der Waals surface area contributed by atoms with Gasteiger partial charge in [0, 0.05) is 50.3 Å². The zero-order valence-electron chi connectivity index (χ0n) is 14.4. The van der Waals surface area contributed by atoms with Crippen LogP contribution in [0.3, 0.4) is 0 Å². The quantitative estimate of drug-likeness (QED) is 0.676. The first-order valence-electron chi connectivity index (χ1n) is 8.65. The van der Waals surface area contributed by atoms with Crippen molar-refractivity contribution in [3.63, 3.8) is 0 Å². The van der Waals surface area contributed by atoms with E-state index in [4.69, 9.17) is 0 Å². The minimum absolute atomic E-state index is 0.252. The van der Waals surface area contributed by atoms with E-state index in [1.165, 1.54) is 18.6 Å². The van der Waals surface area contributed by atoms with Crippen LogP contribution in [0.1, 0.15) is 41.8 Å². The molecule has 0 spiro atoms. The molecule has 1 aliphatic heterocycles. The fourth-order valence-electron chi connectivity index (χ4n) is 2.99. The summed E-state index contributed by atoms with van der Waals surface area (Å²) in [6.07, 6.45) is 8.86. The van der Waals surface area contributed by atoms with Gasteiger partial charge in [-0.15, -0.1) is 0 Å². The molecule has 1 fully saturated rings. The van der Waals surface area contributed by atoms with E-state index >= 15 is 0 Å². The minimum atomic E-state index is -0.608. The number of H-pyrrole nitrogens is 1. The summed E-state index contributed by atoms with van der Waals surface area (Å²) in [7, 11) is 0. The Morgan fingerprint density at radius 3 is 3.00 bits per heavy atom. The molecular formula is C17H24N6O2. The van der Waals surface area contributed by atoms with E-state index in [-0.39, 0.29) is 17.6 Å². The molecule has 25 heavy (non-hydrogen) atoms. The number of nitrogens with zero attached hydrogens (tertiary/aromatic N) is 4. The first kappa shape index (κ1) is 17.5. The van der Waals surface area contributed by atoms with Gasteiger partial charge < -0.3 is 15.4 Å². The van der Waals surface area contributed by atoms with Gasteiger partial charge in [-0.1, -0.05) is 13.3 Å². The largest absolute Gasteiger partial charge is 0.390 e. The number of hydrogen-bond acceptors (Lipinski definition) is 6. The molecule has 3 heterocycles. The van der Waals surface area contributed by atoms with E-state index in [2.05, 4.69) is 37.1 Å². The molecule has 0 saturated carbocycles. The molecule has 1 amide bonds. The van der Waals surface area contributed by atoms with Crippen molar-refractivity contribution in [1.29, 1.82) is 0 Å². The van der Waals surface area contributed by atoms with Crippen molar-refractivity contribution >= 4 is 5.91 Å². The number of rotatable bonds is 7. The maximum absolute atomic E-state index is 12.2. The van der Waals surface area contributed by atoms with Gasteiger partial charge in [0.25, 0.3) is 5.91 Å². The predicted octanol–water partition coefficient (Wildman–Crippen LogP) is 0.517. The molecule has 0 aromatic carbocycles. The van der Waals surface area contributed by atoms with Gasteiger partial charge in [-0.2, -0.15) is 0 Å². The van der Waals surface area contributed by atoms with E-state index < -0.39 is 6.10 Å². The van der Waals surface area contributed by atoms with Gasteiger partial charge in [0.1, 0.15) is 11.5 Å². The lowest BCUT2D eigenvalue weighted by atomic mass is 10.2. The number of aryl methyl sites for hydroxylation is 1. The van der Waals surface area contributed by atoms with Crippen LogP contribution in [0.2, 0.25) is 0 Å². The molecule has 1 aliphatic rings. The van der Waals surface area contributed by atoms with Crippen molar-refractivity contribution in [2.24, 2.45) is 0 Å². The van der Waals surface area contributed by atoms with Crippen LogP contribution in [0.25, 0.3) is 0 Å². The number of likely N-dealkylation sites (tertiary alicyclic amines) is 1. The highest BCUT2D eigenvalue weighted by Crippen LogP contribution is 2.14. The SMILES string of the molecule is CCCCc1ncc(CN2C[C@@H](O)[C@H](NC(=O)c3cnccn3)C2)[nH]1. The summed E-state index contributed by atoms with van der Waals surface area (Å²) in [5.74, 6) is 0.687. The van der Waals surface area contributed by atoms with Crippen LogP contribution < -0.4 is 5.32 Å². The van der Waals surface area contributed by atoms with Crippen molar-refractivity contribution in [2.45, 2.75) is 44.9 Å². The Balaban J connectivity index is 1.52. The van der Waals surface area contributed by atoms with Crippen LogP contribution in [0.15, 0.2) is 24.8 Å². The highest BCUT2D eigenvalue weighted by Gasteiger charge is 2.33. The standard InChI is InChI=1S/C17H24N6O2/c1-2-3-4-16-20-7-12(21-16)9-23-10-14(15(24)11-23)22-17(25)13-8-18-5-6-19-13/h5-8,14-15,24H,2-4,9-11H2,1H3,(H,20,21)(H,22,25)/t14-,15-/m1/s1. The van der Waals surface area contributed by atoms with E-state index in [0.717, 1.165) is 30.8 Å². The molecule has 1 saturated heterocycles. The Labute approximate surface area is 146 Å². The molecule has 134 valence electrons. The lowest BCUT2D eigenvalue weighted by Crippen LogP contribution is -2.43. The van der Waals surface area contributed by atoms with Crippen molar-refractivity contribution in [1.82, 2.24) is 30.2 Å². The molecule has 8 heteroatoms. The van der Waals surface area contributed by atoms with Gasteiger partial charge >= 0.3 is 0 Å². The monoisotopic (exact) mass is 344 g/mol. The third kappa shape index (κ3) is 4.61. The van der Waals surface area contributed by atoms with E-state index in [9.17, 15) is 9.90 Å². The average Bonchev–Trinajstić information content (AvgIpc) is 3.20. The number of hydrogen-bond donors (Lipinski definition) is 3. The van der Waals surface area contributed by atoms with Crippen molar-refractivity contribution < 1.29 is 9.90 Å². The number of β-amino-alcohol motifs (C(OH)–C–C–N with tert-alkyl or cyclic N) is 1. The van der Waals surface area contributed by atoms with E-state index in [0.29, 0.717) is 19.6 Å².